The molecule has 1 amide bonds. The lowest BCUT2D eigenvalue weighted by Crippen LogP contribution is -2.53. The zero-order valence-electron chi connectivity index (χ0n) is 53.6. The lowest BCUT2D eigenvalue weighted by molar-refractivity contribution is -0.230. The Balaban J connectivity index is -0.000000227. The normalized spacial score (nSPS) is 16.5. The van der Waals surface area contributed by atoms with Gasteiger partial charge in [-0.1, -0.05) is 102 Å². The van der Waals surface area contributed by atoms with Gasteiger partial charge in [-0.3, -0.25) is 19.4 Å². The Hall–Kier alpha value is -4.16. The van der Waals surface area contributed by atoms with E-state index >= 15 is 0 Å². The fraction of sp³-hybridized carbons (Fsp3) is 0.759. The number of likely N-dealkylation sites (N-methyl/N-ethyl adjacent to an activating group) is 1. The summed E-state index contributed by atoms with van der Waals surface area (Å²) in [5.74, 6) is -0.309. The molecule has 0 radical (unpaired) electrons. The van der Waals surface area contributed by atoms with Gasteiger partial charge in [0, 0.05) is 69.6 Å². The Labute approximate surface area is 482 Å². The summed E-state index contributed by atoms with van der Waals surface area (Å²) in [6, 6.07) is 3.84. The van der Waals surface area contributed by atoms with Crippen LogP contribution in [0.2, 0.25) is 0 Å². The van der Waals surface area contributed by atoms with Crippen LogP contribution in [0.1, 0.15) is 169 Å². The third kappa shape index (κ3) is 44.2. The van der Waals surface area contributed by atoms with E-state index in [2.05, 4.69) is 53.1 Å². The van der Waals surface area contributed by atoms with Crippen LogP contribution in [0.4, 0.5) is 5.82 Å². The second-order valence-electron chi connectivity index (χ2n) is 18.4. The van der Waals surface area contributed by atoms with E-state index in [1.807, 2.05) is 147 Å². The summed E-state index contributed by atoms with van der Waals surface area (Å²) >= 11 is 1.55. The van der Waals surface area contributed by atoms with E-state index < -0.39 is 29.9 Å². The number of hydrogen-bond acceptors (Lipinski definition) is 20. The van der Waals surface area contributed by atoms with Crippen molar-refractivity contribution in [2.45, 2.75) is 207 Å². The summed E-state index contributed by atoms with van der Waals surface area (Å²) in [6.45, 7) is 40.2. The first-order valence-corrected chi connectivity index (χ1v) is 28.4. The average molecular weight is 1150 g/mol. The van der Waals surface area contributed by atoms with Gasteiger partial charge < -0.3 is 64.3 Å². The number of aliphatic hydroxyl groups excluding tert-OH is 5. The van der Waals surface area contributed by atoms with Crippen molar-refractivity contribution in [3.05, 3.63) is 29.4 Å². The predicted molar refractivity (Wildman–Crippen MR) is 325 cm³/mol. The Bertz CT molecular complexity index is 1780. The molecular formula is C58H114N6O14S. The van der Waals surface area contributed by atoms with Crippen molar-refractivity contribution in [3.63, 3.8) is 0 Å². The molecule has 1 saturated heterocycles. The molecule has 7 atom stereocenters. The number of carbonyl (C=O) groups excluding carboxylic acids is 4. The fourth-order valence-electron chi connectivity index (χ4n) is 5.87. The molecule has 0 aromatic carbocycles. The van der Waals surface area contributed by atoms with E-state index in [0.717, 1.165) is 55.5 Å². The fourth-order valence-corrected chi connectivity index (χ4v) is 6.67. The number of esters is 1. The van der Waals surface area contributed by atoms with Gasteiger partial charge in [-0.15, -0.1) is 11.3 Å². The van der Waals surface area contributed by atoms with Crippen molar-refractivity contribution in [1.29, 1.82) is 0 Å². The van der Waals surface area contributed by atoms with Gasteiger partial charge >= 0.3 is 5.97 Å². The first kappa shape index (κ1) is 88.7. The number of hydrogen-bond donors (Lipinski definition) is 6. The Kier molecular flexibility index (Phi) is 64.1. The summed E-state index contributed by atoms with van der Waals surface area (Å²) in [5.41, 5.74) is 2.51. The maximum absolute atomic E-state index is 12.9. The van der Waals surface area contributed by atoms with Gasteiger partial charge in [-0.05, 0) is 98.9 Å². The highest BCUT2D eigenvalue weighted by Gasteiger charge is 2.36. The molecule has 0 saturated carbocycles. The number of anilines is 1. The number of aliphatic hydroxyl groups is 5. The van der Waals surface area contributed by atoms with Gasteiger partial charge in [0.15, 0.2) is 12.9 Å². The molecule has 1 fully saturated rings. The van der Waals surface area contributed by atoms with Gasteiger partial charge in [-0.25, -0.2) is 9.98 Å². The van der Waals surface area contributed by atoms with Gasteiger partial charge in [0.05, 0.1) is 43.3 Å². The van der Waals surface area contributed by atoms with Crippen LogP contribution >= 0.6 is 11.3 Å². The van der Waals surface area contributed by atoms with Crippen LogP contribution in [0.5, 0.6) is 0 Å². The van der Waals surface area contributed by atoms with Gasteiger partial charge in [0.1, 0.15) is 41.1 Å². The molecule has 2 aromatic heterocycles. The number of aliphatic imine (C=N–C) groups is 1. The van der Waals surface area contributed by atoms with E-state index in [0.29, 0.717) is 43.4 Å². The third-order valence-electron chi connectivity index (χ3n) is 10.6. The number of Topliss-reactive ketones (excluding diaryl/α,β-unsaturated/α-hetero) is 1. The van der Waals surface area contributed by atoms with E-state index in [4.69, 9.17) is 43.9 Å². The maximum Gasteiger partial charge on any atom is 0.316 e. The molecule has 3 heterocycles. The van der Waals surface area contributed by atoms with E-state index in [9.17, 15) is 24.6 Å². The monoisotopic (exact) mass is 1150 g/mol. The van der Waals surface area contributed by atoms with E-state index in [1.54, 1.807) is 24.5 Å². The average Bonchev–Trinajstić information content (AvgIpc) is 3.94. The maximum atomic E-state index is 12.9. The molecule has 1 aliphatic rings. The molecule has 3 rings (SSSR count). The number of ketones is 1. The van der Waals surface area contributed by atoms with E-state index in [1.165, 1.54) is 6.42 Å². The van der Waals surface area contributed by atoms with Crippen LogP contribution in [0.25, 0.3) is 10.6 Å². The Morgan fingerprint density at radius 1 is 0.924 bits per heavy atom. The lowest BCUT2D eigenvalue weighted by atomic mass is 9.86. The summed E-state index contributed by atoms with van der Waals surface area (Å²) in [7, 11) is 8.61. The molecule has 0 bridgehead atoms. The second-order valence-corrected chi connectivity index (χ2v) is 19.3. The van der Waals surface area contributed by atoms with Crippen molar-refractivity contribution < 1.29 is 68.5 Å². The Morgan fingerprint density at radius 3 is 1.90 bits per heavy atom. The number of ether oxygens (including phenoxy) is 4. The molecule has 1 aliphatic heterocycles. The number of carbonyl (C=O) groups is 4. The third-order valence-corrected chi connectivity index (χ3v) is 11.5. The minimum absolute atomic E-state index is 0.01000. The number of thiazole rings is 1. The number of nitrogens with zero attached hydrogens (tertiary/aromatic N) is 5. The number of aromatic nitrogens is 2. The topological polar surface area (TPSA) is 281 Å². The van der Waals surface area contributed by atoms with Gasteiger partial charge in [-0.2, -0.15) is 0 Å². The van der Waals surface area contributed by atoms with Crippen LogP contribution in [-0.2, 0) is 49.6 Å². The molecule has 0 spiro atoms. The highest BCUT2D eigenvalue weighted by molar-refractivity contribution is 7.13. The molecule has 79 heavy (non-hydrogen) atoms. The number of pyridine rings is 1. The van der Waals surface area contributed by atoms with Gasteiger partial charge in [0.25, 0.3) is 0 Å². The standard InChI is InChI=1S/C31H48N4O6S.C8H17NO3.C8H15NO.C3H8.2C2H6.3CH4O.CH2O/c1-10-13-38-30(37)22(5)28(36)21(4)14-31(7,8)40-17-26(16-39-23(6)20(2)3)35-41-18-25-12-11-24(15-33-25)29-34-27(32-9)19-42-29;1-5-4-6(9(2)3)7(10)8(11)12-5;1-5-8(10)9-7(4)6(2)3;1-3-2;6*1-2/h11-12,15,19-23,32H,10,13-14,16-18H2,1-9H3;5-8,10-11H,4H2,1-3H3;6H,5H2,1-4H3;3H2,1-2H3;2*1-2H3;3*2H,1H3;1H2/b35-26+;;;;;;;;;/t;5?,6?,7-,8?;;;;;;;;/m.1......../s1. The van der Waals surface area contributed by atoms with Crippen LogP contribution < -0.4 is 5.32 Å². The number of nitrogens with one attached hydrogen (secondary N) is 1. The second kappa shape index (κ2) is 57.1. The van der Waals surface area contributed by atoms with Crippen LogP contribution in [0, 0.1) is 23.7 Å². The number of rotatable bonds is 22. The summed E-state index contributed by atoms with van der Waals surface area (Å²) < 4.78 is 22.4. The lowest BCUT2D eigenvalue weighted by Gasteiger charge is -2.38. The highest BCUT2D eigenvalue weighted by Crippen LogP contribution is 2.26. The van der Waals surface area contributed by atoms with E-state index in [-0.39, 0.29) is 55.7 Å². The minimum Gasteiger partial charge on any atom is -0.465 e. The molecule has 6 unspecified atom stereocenters. The first-order valence-electron chi connectivity index (χ1n) is 27.5. The molecular weight excluding hydrogens is 1040 g/mol. The van der Waals surface area contributed by atoms with Crippen molar-refractivity contribution in [1.82, 2.24) is 14.9 Å². The highest BCUT2D eigenvalue weighted by atomic mass is 32.1. The summed E-state index contributed by atoms with van der Waals surface area (Å²) in [6.07, 6.45) is 3.62. The van der Waals surface area contributed by atoms with Crippen molar-refractivity contribution in [3.8, 4) is 10.6 Å². The summed E-state index contributed by atoms with van der Waals surface area (Å²) in [5, 5.41) is 50.0. The quantitative estimate of drug-likeness (QED) is 0.0277. The van der Waals surface area contributed by atoms with Crippen molar-refractivity contribution >= 4 is 53.0 Å². The molecule has 21 heteroatoms. The van der Waals surface area contributed by atoms with Crippen LogP contribution in [0.15, 0.2) is 33.9 Å². The van der Waals surface area contributed by atoms with Crippen molar-refractivity contribution in [2.75, 3.05) is 67.6 Å². The van der Waals surface area contributed by atoms with Crippen LogP contribution in [0.3, 0.4) is 0 Å². The molecule has 2 aromatic rings. The minimum atomic E-state index is -1.04. The SMILES string of the molecule is C=O.CC.CC.CC1CC(N(C)C)[C@@H](O)C(O)O1.CCC.CCC(=O)N=C(C)C(C)C.CCCOC(=O)C(C)C(=O)C(C)CC(C)(C)OC/C(COC(C)C(C)C)=N/OCc1ccc(-c2nc(NC)cs2)cn1.CO.CO.CO. The molecule has 20 nitrogen and oxygen atoms in total. The summed E-state index contributed by atoms with van der Waals surface area (Å²) in [4.78, 5) is 64.2. The Morgan fingerprint density at radius 2 is 1.47 bits per heavy atom. The zero-order valence-corrected chi connectivity index (χ0v) is 54.4. The molecule has 466 valence electrons. The number of oxime groups is 1. The van der Waals surface area contributed by atoms with Crippen LogP contribution in [-0.4, -0.2) is 175 Å². The molecule has 6 N–H and O–H groups in total. The van der Waals surface area contributed by atoms with Crippen molar-refractivity contribution in [2.24, 2.45) is 33.8 Å². The zero-order chi connectivity index (χ0) is 63.4. The largest absolute Gasteiger partial charge is 0.465 e. The predicted octanol–water partition coefficient (Wildman–Crippen LogP) is 9.71. The first-order chi connectivity index (χ1) is 37.4. The van der Waals surface area contributed by atoms with Gasteiger partial charge in [0.2, 0.25) is 5.91 Å². The molecule has 0 aliphatic carbocycles. The smallest absolute Gasteiger partial charge is 0.316 e. The number of amides is 1.